The third kappa shape index (κ3) is 7.32. The smallest absolute Gasteiger partial charge is 0.327 e. The van der Waals surface area contributed by atoms with Crippen molar-refractivity contribution in [3.05, 3.63) is 71.8 Å². The van der Waals surface area contributed by atoms with Gasteiger partial charge < -0.3 is 15.2 Å². The Hall–Kier alpha value is -2.85. The Morgan fingerprint density at radius 2 is 1.69 bits per heavy atom. The molecule has 0 fully saturated rings. The maximum absolute atomic E-state index is 13.1. The zero-order valence-corrected chi connectivity index (χ0v) is 21.0. The molecule has 0 aliphatic heterocycles. The number of carboxylic acids is 1. The highest BCUT2D eigenvalue weighted by molar-refractivity contribution is 8.20. The van der Waals surface area contributed by atoms with Crippen LogP contribution in [0.5, 0.6) is 5.75 Å². The number of halogens is 3. The van der Waals surface area contributed by atoms with E-state index >= 15 is 0 Å². The van der Waals surface area contributed by atoms with E-state index in [-0.39, 0.29) is 28.4 Å². The summed E-state index contributed by atoms with van der Waals surface area (Å²) in [7, 11) is 0. The minimum atomic E-state index is -5.31. The second-order valence-corrected chi connectivity index (χ2v) is 11.9. The minimum Gasteiger partial charge on any atom is -0.487 e. The molecule has 0 bridgehead atoms. The van der Waals surface area contributed by atoms with Crippen molar-refractivity contribution in [3.8, 4) is 5.75 Å². The number of carboxylic acid groups (broad SMARTS) is 1. The number of amides is 1. The van der Waals surface area contributed by atoms with Crippen LogP contribution in [0, 0.1) is 0 Å². The summed E-state index contributed by atoms with van der Waals surface area (Å²) < 4.78 is 44.6. The van der Waals surface area contributed by atoms with E-state index in [0.29, 0.717) is 10.9 Å². The lowest BCUT2D eigenvalue weighted by Gasteiger charge is -2.22. The predicted octanol–water partition coefficient (Wildman–Crippen LogP) is 6.95. The van der Waals surface area contributed by atoms with Crippen molar-refractivity contribution in [2.75, 3.05) is 5.75 Å². The Morgan fingerprint density at radius 1 is 1.03 bits per heavy atom. The van der Waals surface area contributed by atoms with E-state index in [0.717, 1.165) is 17.5 Å². The van der Waals surface area contributed by atoms with Gasteiger partial charge in [0, 0.05) is 15.9 Å². The average molecular weight is 526 g/mol. The number of aliphatic carboxylic acids is 1. The molecule has 3 rings (SSSR count). The van der Waals surface area contributed by atoms with Gasteiger partial charge in [-0.2, -0.15) is 11.8 Å². The van der Waals surface area contributed by atoms with Crippen molar-refractivity contribution in [3.63, 3.8) is 0 Å². The fraction of sp³-hybridized carbons (Fsp3) is 0.280. The van der Waals surface area contributed by atoms with Crippen molar-refractivity contribution < 1.29 is 31.1 Å². The van der Waals surface area contributed by atoms with E-state index in [1.807, 2.05) is 32.9 Å². The third-order valence-electron chi connectivity index (χ3n) is 4.98. The maximum atomic E-state index is 13.1. The molecule has 0 saturated carbocycles. The van der Waals surface area contributed by atoms with Gasteiger partial charge in [-0.1, -0.05) is 63.2 Å². The molecule has 1 atom stereocenters. The van der Waals surface area contributed by atoms with E-state index in [9.17, 15) is 26.4 Å². The second kappa shape index (κ2) is 10.8. The molecule has 0 spiro atoms. The molecule has 3 aromatic carbocycles. The molecule has 5 nitrogen and oxygen atoms in total. The topological polar surface area (TPSA) is 75.6 Å². The van der Waals surface area contributed by atoms with Crippen LogP contribution < -0.4 is 10.1 Å². The van der Waals surface area contributed by atoms with Crippen LogP contribution >= 0.6 is 22.9 Å². The lowest BCUT2D eigenvalue weighted by atomic mass is 10.0. The average Bonchev–Trinajstić information content (AvgIpc) is 2.78. The lowest BCUT2D eigenvalue weighted by molar-refractivity contribution is -0.138. The van der Waals surface area contributed by atoms with Gasteiger partial charge in [-0.3, -0.25) is 4.79 Å². The molecule has 0 saturated heterocycles. The minimum absolute atomic E-state index is 0.0655. The quantitative estimate of drug-likeness (QED) is 0.316. The van der Waals surface area contributed by atoms with Gasteiger partial charge in [0.1, 0.15) is 18.4 Å². The van der Waals surface area contributed by atoms with E-state index in [1.165, 1.54) is 23.9 Å². The molecule has 35 heavy (non-hydrogen) atoms. The van der Waals surface area contributed by atoms with Crippen LogP contribution in [0.1, 0.15) is 36.7 Å². The van der Waals surface area contributed by atoms with E-state index in [1.54, 1.807) is 24.3 Å². The monoisotopic (exact) mass is 525 g/mol. The first-order chi connectivity index (χ1) is 16.3. The fourth-order valence-corrected chi connectivity index (χ4v) is 4.55. The molecule has 1 amide bonds. The maximum Gasteiger partial charge on any atom is 0.327 e. The number of carbonyl (C=O) groups excluding carboxylic acids is 1. The van der Waals surface area contributed by atoms with Gasteiger partial charge in [-0.05, 0) is 29.1 Å². The van der Waals surface area contributed by atoms with Gasteiger partial charge in [0.2, 0.25) is 11.2 Å². The number of carbonyl (C=O) groups is 2. The van der Waals surface area contributed by atoms with Gasteiger partial charge in [0.15, 0.2) is 0 Å². The van der Waals surface area contributed by atoms with Gasteiger partial charge in [0.25, 0.3) is 5.91 Å². The number of nitrogens with one attached hydrogen (secondary N) is 1. The molecule has 3 aromatic rings. The normalized spacial score (nSPS) is 13.3. The number of ether oxygens (including phenoxy) is 1. The number of benzene rings is 3. The van der Waals surface area contributed by atoms with Gasteiger partial charge in [-0.15, -0.1) is 11.7 Å². The van der Waals surface area contributed by atoms with E-state index in [2.05, 4.69) is 5.32 Å². The first kappa shape index (κ1) is 26.7. The molecular formula is C25H26F3NO4S2. The molecule has 0 unspecified atom stereocenters. The van der Waals surface area contributed by atoms with Crippen molar-refractivity contribution in [1.82, 2.24) is 5.32 Å². The molecular weight excluding hydrogens is 499 g/mol. The second-order valence-electron chi connectivity index (χ2n) is 8.79. The molecule has 188 valence electrons. The summed E-state index contributed by atoms with van der Waals surface area (Å²) in [5, 5.41) is 13.6. The van der Waals surface area contributed by atoms with Crippen LogP contribution in [-0.2, 0) is 11.4 Å². The van der Waals surface area contributed by atoms with E-state index < -0.39 is 34.0 Å². The Kier molecular flexibility index (Phi) is 8.27. The summed E-state index contributed by atoms with van der Waals surface area (Å²) >= 11 is -3.89. The van der Waals surface area contributed by atoms with Crippen LogP contribution in [-0.4, -0.2) is 33.5 Å². The Bertz CT molecular complexity index is 1210. The summed E-state index contributed by atoms with van der Waals surface area (Å²) in [6.45, 7) is 5.80. The first-order valence-electron chi connectivity index (χ1n) is 10.7. The summed E-state index contributed by atoms with van der Waals surface area (Å²) in [5.74, 6) is -1.34. The van der Waals surface area contributed by atoms with E-state index in [4.69, 9.17) is 4.74 Å². The summed E-state index contributed by atoms with van der Waals surface area (Å²) in [6, 6.07) is 14.1. The Morgan fingerprint density at radius 3 is 2.29 bits per heavy atom. The highest BCUT2D eigenvalue weighted by atomic mass is 32.3. The van der Waals surface area contributed by atoms with Crippen molar-refractivity contribution in [2.24, 2.45) is 0 Å². The molecule has 0 heterocycles. The third-order valence-corrected chi connectivity index (χ3v) is 7.16. The number of hydrogen-bond donors (Lipinski definition) is 2. The van der Waals surface area contributed by atoms with Crippen LogP contribution in [0.15, 0.2) is 65.6 Å². The fourth-order valence-electron chi connectivity index (χ4n) is 3.22. The van der Waals surface area contributed by atoms with Crippen LogP contribution in [0.2, 0.25) is 0 Å². The molecule has 0 radical (unpaired) electrons. The van der Waals surface area contributed by atoms with Crippen LogP contribution in [0.25, 0.3) is 10.8 Å². The molecule has 2 N–H and O–H groups in total. The number of thioether (sulfide) groups is 1. The summed E-state index contributed by atoms with van der Waals surface area (Å²) in [4.78, 5) is 24.2. The number of fused-ring (bicyclic) bond motifs is 1. The Balaban J connectivity index is 1.87. The first-order valence-corrected chi connectivity index (χ1v) is 13.0. The standard InChI is InChI=1S/C25H26F3NO4S2/c1-25(2,3)34-15-21(24(31)32)29-23(30)20-13-10-17-6-4-5-7-19(17)22(20)33-14-16-8-11-18(12-9-16)35(26,27)28/h4-13,21H,14-15H2,1-3H3,(H,29,30)(H,31,32)/t21-/m0/s1. The highest BCUT2D eigenvalue weighted by Crippen LogP contribution is 2.60. The lowest BCUT2D eigenvalue weighted by Crippen LogP contribution is -2.43. The van der Waals surface area contributed by atoms with Crippen molar-refractivity contribution in [1.29, 1.82) is 0 Å². The summed E-state index contributed by atoms with van der Waals surface area (Å²) in [6.07, 6.45) is 0. The highest BCUT2D eigenvalue weighted by Gasteiger charge is 2.26. The van der Waals surface area contributed by atoms with Crippen LogP contribution in [0.3, 0.4) is 0 Å². The predicted molar refractivity (Wildman–Crippen MR) is 135 cm³/mol. The zero-order chi connectivity index (χ0) is 25.8. The van der Waals surface area contributed by atoms with Crippen LogP contribution in [0.4, 0.5) is 11.7 Å². The van der Waals surface area contributed by atoms with Crippen molar-refractivity contribution in [2.45, 2.75) is 43.1 Å². The molecule has 10 heteroatoms. The Labute approximate surface area is 208 Å². The summed E-state index contributed by atoms with van der Waals surface area (Å²) in [5.41, 5.74) is 0.647. The number of hydrogen-bond acceptors (Lipinski definition) is 4. The SMILES string of the molecule is CC(C)(C)SC[C@H](NC(=O)c1ccc2ccccc2c1OCc1ccc(S(F)(F)F)cc1)C(=O)O. The molecule has 0 aliphatic carbocycles. The molecule has 0 aromatic heterocycles. The zero-order valence-electron chi connectivity index (χ0n) is 19.4. The molecule has 0 aliphatic rings. The van der Waals surface area contributed by atoms with Crippen molar-refractivity contribution >= 4 is 45.6 Å². The van der Waals surface area contributed by atoms with Gasteiger partial charge >= 0.3 is 5.97 Å². The van der Waals surface area contributed by atoms with Gasteiger partial charge in [-0.25, -0.2) is 4.79 Å². The number of rotatable bonds is 9. The van der Waals surface area contributed by atoms with Gasteiger partial charge in [0.05, 0.1) is 10.5 Å². The largest absolute Gasteiger partial charge is 0.487 e.